The molecule has 3 amide bonds. The van der Waals surface area contributed by atoms with Crippen LogP contribution in [0.15, 0.2) is 53.9 Å². The van der Waals surface area contributed by atoms with Gasteiger partial charge in [-0.2, -0.15) is 5.26 Å². The monoisotopic (exact) mass is 554 g/mol. The van der Waals surface area contributed by atoms with Crippen LogP contribution in [-0.4, -0.2) is 58.5 Å². The van der Waals surface area contributed by atoms with E-state index >= 15 is 0 Å². The average molecular weight is 555 g/mol. The molecule has 2 aromatic carbocycles. The van der Waals surface area contributed by atoms with Crippen LogP contribution in [0.1, 0.15) is 32.3 Å². The number of hydrogen-bond acceptors (Lipinski definition) is 6. The van der Waals surface area contributed by atoms with Gasteiger partial charge in [0.05, 0.1) is 22.9 Å². The molecule has 2 saturated heterocycles. The van der Waals surface area contributed by atoms with Crippen molar-refractivity contribution in [1.29, 1.82) is 5.26 Å². The first-order chi connectivity index (χ1) is 17.6. The van der Waals surface area contributed by atoms with Crippen molar-refractivity contribution >= 4 is 58.1 Å². The SMILES string of the molecule is CN1C(=O)N(c2cc(Cl)cc(Cl)c2)C(=O)[C@@]12CN(Cc1cc(C(=O)O)cs1)C[C@@H]2c1ccc(C#N)cc1. The van der Waals surface area contributed by atoms with Crippen molar-refractivity contribution in [2.45, 2.75) is 18.0 Å². The highest BCUT2D eigenvalue weighted by Crippen LogP contribution is 2.47. The number of likely N-dealkylation sites (N-methyl/N-ethyl adjacent to an activating group) is 1. The summed E-state index contributed by atoms with van der Waals surface area (Å²) in [6, 6.07) is 14.8. The zero-order chi connectivity index (χ0) is 26.5. The number of anilines is 1. The number of likely N-dealkylation sites (tertiary alicyclic amines) is 1. The van der Waals surface area contributed by atoms with E-state index in [1.165, 1.54) is 34.4 Å². The Hall–Kier alpha value is -3.42. The minimum Gasteiger partial charge on any atom is -0.478 e. The van der Waals surface area contributed by atoms with E-state index in [2.05, 4.69) is 11.0 Å². The van der Waals surface area contributed by atoms with Crippen LogP contribution in [0, 0.1) is 11.3 Å². The van der Waals surface area contributed by atoms with Crippen molar-refractivity contribution < 1.29 is 19.5 Å². The summed E-state index contributed by atoms with van der Waals surface area (Å²) in [5.74, 6) is -1.80. The van der Waals surface area contributed by atoms with Gasteiger partial charge in [-0.3, -0.25) is 9.69 Å². The minimum atomic E-state index is -1.23. The number of hydrogen-bond donors (Lipinski definition) is 1. The third kappa shape index (κ3) is 4.26. The number of thiophene rings is 1. The highest BCUT2D eigenvalue weighted by molar-refractivity contribution is 7.10. The topological polar surface area (TPSA) is 105 Å². The number of amides is 3. The lowest BCUT2D eigenvalue weighted by molar-refractivity contribution is -0.124. The molecule has 1 N–H and O–H groups in total. The maximum absolute atomic E-state index is 14.2. The molecule has 0 saturated carbocycles. The van der Waals surface area contributed by atoms with Gasteiger partial charge in [-0.15, -0.1) is 11.3 Å². The normalized spacial score (nSPS) is 21.7. The molecule has 3 heterocycles. The number of carboxylic acids is 1. The highest BCUT2D eigenvalue weighted by Gasteiger charge is 2.64. The molecule has 0 unspecified atom stereocenters. The first kappa shape index (κ1) is 25.2. The summed E-state index contributed by atoms with van der Waals surface area (Å²) in [5.41, 5.74) is 0.582. The smallest absolute Gasteiger partial charge is 0.336 e. The molecule has 8 nitrogen and oxygen atoms in total. The number of carbonyl (C=O) groups is 3. The van der Waals surface area contributed by atoms with E-state index in [0.29, 0.717) is 28.7 Å². The highest BCUT2D eigenvalue weighted by atomic mass is 35.5. The predicted molar refractivity (Wildman–Crippen MR) is 140 cm³/mol. The van der Waals surface area contributed by atoms with Crippen LogP contribution in [0.2, 0.25) is 10.0 Å². The van der Waals surface area contributed by atoms with Crippen molar-refractivity contribution in [2.24, 2.45) is 0 Å². The number of rotatable bonds is 5. The van der Waals surface area contributed by atoms with Gasteiger partial charge in [0.2, 0.25) is 0 Å². The molecule has 1 aromatic heterocycles. The molecule has 2 aliphatic heterocycles. The molecule has 2 aliphatic rings. The first-order valence-electron chi connectivity index (χ1n) is 11.3. The molecule has 3 aromatic rings. The predicted octanol–water partition coefficient (Wildman–Crippen LogP) is 5.06. The summed E-state index contributed by atoms with van der Waals surface area (Å²) in [7, 11) is 1.61. The van der Waals surface area contributed by atoms with E-state index < -0.39 is 29.4 Å². The first-order valence-corrected chi connectivity index (χ1v) is 12.9. The van der Waals surface area contributed by atoms with E-state index in [0.717, 1.165) is 15.3 Å². The van der Waals surface area contributed by atoms with Crippen LogP contribution in [0.3, 0.4) is 0 Å². The number of benzene rings is 2. The summed E-state index contributed by atoms with van der Waals surface area (Å²) in [5, 5.41) is 20.7. The Morgan fingerprint density at radius 2 is 1.84 bits per heavy atom. The van der Waals surface area contributed by atoms with Crippen LogP contribution in [0.5, 0.6) is 0 Å². The van der Waals surface area contributed by atoms with Crippen molar-refractivity contribution in [3.05, 3.63) is 85.5 Å². The molecule has 0 aliphatic carbocycles. The molecular weight excluding hydrogens is 535 g/mol. The lowest BCUT2D eigenvalue weighted by Crippen LogP contribution is -2.53. The summed E-state index contributed by atoms with van der Waals surface area (Å²) >= 11 is 13.7. The van der Waals surface area contributed by atoms with Gasteiger partial charge in [0.1, 0.15) is 5.54 Å². The second-order valence-corrected chi connectivity index (χ2v) is 11.0. The number of nitrogens with zero attached hydrogens (tertiary/aromatic N) is 4. The van der Waals surface area contributed by atoms with Gasteiger partial charge in [-0.1, -0.05) is 35.3 Å². The van der Waals surface area contributed by atoms with E-state index in [4.69, 9.17) is 23.2 Å². The van der Waals surface area contributed by atoms with Crippen LogP contribution in [-0.2, 0) is 11.3 Å². The van der Waals surface area contributed by atoms with Gasteiger partial charge in [0.25, 0.3) is 5.91 Å². The molecule has 5 rings (SSSR count). The summed E-state index contributed by atoms with van der Waals surface area (Å²) in [4.78, 5) is 44.6. The van der Waals surface area contributed by atoms with Crippen LogP contribution in [0.25, 0.3) is 0 Å². The maximum atomic E-state index is 14.2. The number of halogens is 2. The standard InChI is InChI=1S/C26H20Cl2N4O4S/c1-30-25(36)32(20-8-18(27)7-19(28)9-20)24(35)26(30)14-31(11-21-6-17(13-37-21)23(33)34)12-22(26)16-4-2-15(10-29)3-5-16/h2-9,13,22H,11-12,14H2,1H3,(H,33,34)/t22-,26+/m1/s1. The molecule has 37 heavy (non-hydrogen) atoms. The molecule has 2 fully saturated rings. The van der Waals surface area contributed by atoms with E-state index in [1.807, 2.05) is 12.1 Å². The fourth-order valence-corrected chi connectivity index (χ4v) is 6.62. The fraction of sp³-hybridized carbons (Fsp3) is 0.231. The number of imide groups is 1. The van der Waals surface area contributed by atoms with Crippen molar-refractivity contribution in [1.82, 2.24) is 9.80 Å². The van der Waals surface area contributed by atoms with Gasteiger partial charge < -0.3 is 10.0 Å². The van der Waals surface area contributed by atoms with E-state index in [1.54, 1.807) is 30.6 Å². The molecule has 0 radical (unpaired) electrons. The second kappa shape index (κ2) is 9.47. The maximum Gasteiger partial charge on any atom is 0.336 e. The largest absolute Gasteiger partial charge is 0.478 e. The molecule has 188 valence electrons. The lowest BCUT2D eigenvalue weighted by atomic mass is 9.80. The van der Waals surface area contributed by atoms with Crippen LogP contribution < -0.4 is 4.90 Å². The molecular formula is C26H20Cl2N4O4S. The quantitative estimate of drug-likeness (QED) is 0.442. The Morgan fingerprint density at radius 3 is 2.43 bits per heavy atom. The zero-order valence-corrected chi connectivity index (χ0v) is 21.8. The molecule has 1 spiro atoms. The number of urea groups is 1. The van der Waals surface area contributed by atoms with Gasteiger partial charge in [0.15, 0.2) is 0 Å². The summed E-state index contributed by atoms with van der Waals surface area (Å²) in [6.07, 6.45) is 0. The van der Waals surface area contributed by atoms with E-state index in [-0.39, 0.29) is 17.8 Å². The van der Waals surface area contributed by atoms with E-state index in [9.17, 15) is 24.8 Å². The Labute approximate surface area is 226 Å². The number of nitriles is 1. The number of carboxylic acid groups (broad SMARTS) is 1. The summed E-state index contributed by atoms with van der Waals surface area (Å²) in [6.45, 7) is 1.11. The number of aromatic carboxylic acids is 1. The van der Waals surface area contributed by atoms with Crippen molar-refractivity contribution in [2.75, 3.05) is 25.0 Å². The van der Waals surface area contributed by atoms with Gasteiger partial charge >= 0.3 is 12.0 Å². The Balaban J connectivity index is 1.56. The summed E-state index contributed by atoms with van der Waals surface area (Å²) < 4.78 is 0. The van der Waals surface area contributed by atoms with Gasteiger partial charge in [-0.05, 0) is 42.0 Å². The Kier molecular flexibility index (Phi) is 6.46. The van der Waals surface area contributed by atoms with Gasteiger partial charge in [0, 0.05) is 52.9 Å². The Morgan fingerprint density at radius 1 is 1.16 bits per heavy atom. The third-order valence-electron chi connectivity index (χ3n) is 6.96. The third-order valence-corrected chi connectivity index (χ3v) is 8.32. The second-order valence-electron chi connectivity index (χ2n) is 9.10. The zero-order valence-electron chi connectivity index (χ0n) is 19.5. The van der Waals surface area contributed by atoms with Crippen LogP contribution >= 0.6 is 34.5 Å². The molecule has 2 atom stereocenters. The lowest BCUT2D eigenvalue weighted by Gasteiger charge is -2.34. The van der Waals surface area contributed by atoms with Crippen LogP contribution in [0.4, 0.5) is 10.5 Å². The minimum absolute atomic E-state index is 0.214. The fourth-order valence-electron chi connectivity index (χ4n) is 5.21. The van der Waals surface area contributed by atoms with Crippen molar-refractivity contribution in [3.8, 4) is 6.07 Å². The average Bonchev–Trinajstić information content (AvgIpc) is 3.53. The molecule has 0 bridgehead atoms. The molecule has 11 heteroatoms. The van der Waals surface area contributed by atoms with Crippen molar-refractivity contribution in [3.63, 3.8) is 0 Å². The Bertz CT molecular complexity index is 1450. The number of carbonyl (C=O) groups excluding carboxylic acids is 2. The van der Waals surface area contributed by atoms with Gasteiger partial charge in [-0.25, -0.2) is 14.5 Å².